The number of aromatic carboxylic acids is 1. The molecule has 0 saturated carbocycles. The van der Waals surface area contributed by atoms with E-state index in [4.69, 9.17) is 4.42 Å². The monoisotopic (exact) mass is 591 g/mol. The lowest BCUT2D eigenvalue weighted by Gasteiger charge is -2.40. The number of fused-ring (bicyclic) bond motifs is 1. The summed E-state index contributed by atoms with van der Waals surface area (Å²) in [6.07, 6.45) is 1.35. The Morgan fingerprint density at radius 1 is 0.886 bits per heavy atom. The van der Waals surface area contributed by atoms with E-state index in [1.165, 1.54) is 11.1 Å². The molecule has 0 radical (unpaired) electrons. The first-order valence-corrected chi connectivity index (χ1v) is 14.6. The first-order valence-electron chi connectivity index (χ1n) is 14.6. The van der Waals surface area contributed by atoms with E-state index < -0.39 is 17.9 Å². The van der Waals surface area contributed by atoms with Gasteiger partial charge in [-0.1, -0.05) is 78.9 Å². The van der Waals surface area contributed by atoms with Crippen LogP contribution >= 0.6 is 0 Å². The Balaban J connectivity index is 1.19. The Bertz CT molecular complexity index is 1670. The fourth-order valence-electron chi connectivity index (χ4n) is 5.89. The van der Waals surface area contributed by atoms with Gasteiger partial charge in [-0.2, -0.15) is 0 Å². The molecular formula is C34H33N5O5. The number of aromatic amines is 1. The van der Waals surface area contributed by atoms with Gasteiger partial charge in [-0.05, 0) is 29.7 Å². The van der Waals surface area contributed by atoms with Crippen LogP contribution in [0.3, 0.4) is 0 Å². The SMILES string of the molecule is O=C(NC(CCc1ocnc1C(=O)O)C(=O)N1CCN(C(c2ccccc2)c2ccccc2)CC1)c1cc2ccccc2[nH]1. The first kappa shape index (κ1) is 28.9. The molecule has 1 fully saturated rings. The second-order valence-electron chi connectivity index (χ2n) is 10.8. The van der Waals surface area contributed by atoms with Gasteiger partial charge in [0.1, 0.15) is 17.5 Å². The maximum atomic E-state index is 14.0. The van der Waals surface area contributed by atoms with E-state index in [9.17, 15) is 19.5 Å². The van der Waals surface area contributed by atoms with Crippen molar-refractivity contribution in [2.45, 2.75) is 24.9 Å². The number of piperazine rings is 1. The molecule has 1 aliphatic rings. The molecule has 1 unspecified atom stereocenters. The highest BCUT2D eigenvalue weighted by Gasteiger charge is 2.32. The Kier molecular flexibility index (Phi) is 8.51. The second-order valence-corrected chi connectivity index (χ2v) is 10.8. The number of rotatable bonds is 10. The average molecular weight is 592 g/mol. The number of carbonyl (C=O) groups is 3. The topological polar surface area (TPSA) is 132 Å². The number of carboxylic acid groups (broad SMARTS) is 1. The third kappa shape index (κ3) is 6.25. The molecule has 6 rings (SSSR count). The van der Waals surface area contributed by atoms with Crippen molar-refractivity contribution in [3.63, 3.8) is 0 Å². The predicted molar refractivity (Wildman–Crippen MR) is 164 cm³/mol. The van der Waals surface area contributed by atoms with Gasteiger partial charge in [0.05, 0.1) is 6.04 Å². The number of carboxylic acids is 1. The molecule has 0 spiro atoms. The zero-order chi connectivity index (χ0) is 30.5. The fraction of sp³-hybridized carbons (Fsp3) is 0.235. The van der Waals surface area contributed by atoms with Crippen LogP contribution in [0.5, 0.6) is 0 Å². The van der Waals surface area contributed by atoms with Gasteiger partial charge in [0.2, 0.25) is 5.91 Å². The van der Waals surface area contributed by atoms with Gasteiger partial charge in [0.25, 0.3) is 5.91 Å². The number of benzene rings is 3. The highest BCUT2D eigenvalue weighted by molar-refractivity contribution is 6.00. The summed E-state index contributed by atoms with van der Waals surface area (Å²) in [6.45, 7) is 2.26. The zero-order valence-electron chi connectivity index (χ0n) is 24.1. The van der Waals surface area contributed by atoms with Crippen molar-refractivity contribution in [3.8, 4) is 0 Å². The Morgan fingerprint density at radius 3 is 2.16 bits per heavy atom. The largest absolute Gasteiger partial charge is 0.476 e. The third-order valence-corrected chi connectivity index (χ3v) is 8.10. The van der Waals surface area contributed by atoms with Crippen molar-refractivity contribution < 1.29 is 23.9 Å². The molecule has 1 aliphatic heterocycles. The van der Waals surface area contributed by atoms with Gasteiger partial charge >= 0.3 is 5.97 Å². The van der Waals surface area contributed by atoms with Crippen molar-refractivity contribution in [1.82, 2.24) is 25.1 Å². The number of aromatic nitrogens is 2. The summed E-state index contributed by atoms with van der Waals surface area (Å²) < 4.78 is 5.31. The molecule has 44 heavy (non-hydrogen) atoms. The number of para-hydroxylation sites is 1. The Labute approximate surface area is 254 Å². The number of amides is 2. The van der Waals surface area contributed by atoms with Crippen molar-refractivity contribution in [2.24, 2.45) is 0 Å². The van der Waals surface area contributed by atoms with Crippen LogP contribution in [0.25, 0.3) is 10.9 Å². The summed E-state index contributed by atoms with van der Waals surface area (Å²) in [5.74, 6) is -1.68. The van der Waals surface area contributed by atoms with Gasteiger partial charge in [-0.3, -0.25) is 14.5 Å². The molecule has 10 heteroatoms. The molecule has 3 N–H and O–H groups in total. The van der Waals surface area contributed by atoms with Crippen LogP contribution in [0.1, 0.15) is 50.3 Å². The molecule has 1 saturated heterocycles. The zero-order valence-corrected chi connectivity index (χ0v) is 24.1. The molecule has 0 bridgehead atoms. The predicted octanol–water partition coefficient (Wildman–Crippen LogP) is 4.52. The van der Waals surface area contributed by atoms with E-state index in [0.29, 0.717) is 31.9 Å². The molecule has 1 atom stereocenters. The van der Waals surface area contributed by atoms with Crippen molar-refractivity contribution in [1.29, 1.82) is 0 Å². The van der Waals surface area contributed by atoms with E-state index >= 15 is 0 Å². The molecule has 10 nitrogen and oxygen atoms in total. The minimum absolute atomic E-state index is 0.0491. The lowest BCUT2D eigenvalue weighted by atomic mass is 9.96. The molecule has 3 aromatic carbocycles. The molecule has 5 aromatic rings. The van der Waals surface area contributed by atoms with Gasteiger partial charge in [0.15, 0.2) is 12.1 Å². The van der Waals surface area contributed by atoms with Crippen LogP contribution in [0.4, 0.5) is 0 Å². The number of hydrogen-bond donors (Lipinski definition) is 3. The molecule has 224 valence electrons. The summed E-state index contributed by atoms with van der Waals surface area (Å²) in [7, 11) is 0. The number of hydrogen-bond acceptors (Lipinski definition) is 6. The third-order valence-electron chi connectivity index (χ3n) is 8.10. The second kappa shape index (κ2) is 13.0. The van der Waals surface area contributed by atoms with Crippen molar-refractivity contribution in [2.75, 3.05) is 26.2 Å². The van der Waals surface area contributed by atoms with Crippen molar-refractivity contribution >= 4 is 28.7 Å². The van der Waals surface area contributed by atoms with Crippen LogP contribution in [-0.4, -0.2) is 74.9 Å². The fourth-order valence-corrected chi connectivity index (χ4v) is 5.89. The van der Waals surface area contributed by atoms with Gasteiger partial charge < -0.3 is 24.7 Å². The maximum Gasteiger partial charge on any atom is 0.358 e. The van der Waals surface area contributed by atoms with Crippen LogP contribution < -0.4 is 5.32 Å². The average Bonchev–Trinajstić information content (AvgIpc) is 3.72. The lowest BCUT2D eigenvalue weighted by molar-refractivity contribution is -0.135. The smallest absolute Gasteiger partial charge is 0.358 e. The van der Waals surface area contributed by atoms with E-state index in [2.05, 4.69) is 44.5 Å². The normalized spacial score (nSPS) is 14.5. The number of nitrogens with one attached hydrogen (secondary N) is 2. The van der Waals surface area contributed by atoms with Crippen molar-refractivity contribution in [3.05, 3.63) is 126 Å². The molecule has 2 amide bonds. The number of oxazole rings is 1. The van der Waals surface area contributed by atoms with E-state index in [1.807, 2.05) is 60.7 Å². The Hall–Kier alpha value is -5.22. The minimum atomic E-state index is -1.21. The molecule has 2 aromatic heterocycles. The van der Waals surface area contributed by atoms with Crippen LogP contribution in [-0.2, 0) is 11.2 Å². The summed E-state index contributed by atoms with van der Waals surface area (Å²) in [6, 6.07) is 29.1. The molecule has 3 heterocycles. The minimum Gasteiger partial charge on any atom is -0.476 e. The van der Waals surface area contributed by atoms with Crippen LogP contribution in [0.15, 0.2) is 102 Å². The van der Waals surface area contributed by atoms with Crippen LogP contribution in [0, 0.1) is 0 Å². The van der Waals surface area contributed by atoms with Gasteiger partial charge in [-0.25, -0.2) is 9.78 Å². The summed E-state index contributed by atoms with van der Waals surface area (Å²) >= 11 is 0. The summed E-state index contributed by atoms with van der Waals surface area (Å²) in [5.41, 5.74) is 3.33. The summed E-state index contributed by atoms with van der Waals surface area (Å²) in [4.78, 5) is 49.9. The highest BCUT2D eigenvalue weighted by Crippen LogP contribution is 2.29. The first-order chi connectivity index (χ1) is 21.5. The van der Waals surface area contributed by atoms with Gasteiger partial charge in [0, 0.05) is 43.5 Å². The number of H-pyrrole nitrogens is 1. The molecule has 0 aliphatic carbocycles. The highest BCUT2D eigenvalue weighted by atomic mass is 16.4. The van der Waals surface area contributed by atoms with Crippen LogP contribution in [0.2, 0.25) is 0 Å². The Morgan fingerprint density at radius 2 is 1.52 bits per heavy atom. The maximum absolute atomic E-state index is 14.0. The quantitative estimate of drug-likeness (QED) is 0.218. The number of aryl methyl sites for hydroxylation is 1. The number of carbonyl (C=O) groups excluding carboxylic acids is 2. The van der Waals surface area contributed by atoms with E-state index in [0.717, 1.165) is 17.3 Å². The van der Waals surface area contributed by atoms with Gasteiger partial charge in [-0.15, -0.1) is 0 Å². The number of nitrogens with zero attached hydrogens (tertiary/aromatic N) is 3. The lowest BCUT2D eigenvalue weighted by Crippen LogP contribution is -2.55. The summed E-state index contributed by atoms with van der Waals surface area (Å²) in [5, 5.41) is 13.2. The van der Waals surface area contributed by atoms with E-state index in [1.54, 1.807) is 11.0 Å². The standard InChI is InChI=1S/C34H33N5O5/c40-32(28-21-25-13-7-8-14-26(25)36-28)37-27(15-16-29-30(34(42)43)35-22-44-29)33(41)39-19-17-38(18-20-39)31(23-9-3-1-4-10-23)24-11-5-2-6-12-24/h1-14,21-22,27,31,36H,15-20H2,(H,37,40)(H,42,43). The van der Waals surface area contributed by atoms with E-state index in [-0.39, 0.29) is 36.2 Å². The molecular weight excluding hydrogens is 558 g/mol.